The van der Waals surface area contributed by atoms with Gasteiger partial charge in [0.15, 0.2) is 0 Å². The SMILES string of the molecule is CC(NC(=O)Nc1ccc(Br)c(Cl)c1Cl)(C(=O)O)C1CC1. The first-order valence-corrected chi connectivity index (χ1v) is 7.76. The number of urea groups is 1. The van der Waals surface area contributed by atoms with Crippen molar-refractivity contribution in [1.82, 2.24) is 5.32 Å². The second-order valence-electron chi connectivity index (χ2n) is 5.08. The molecule has 0 saturated heterocycles. The highest BCUT2D eigenvalue weighted by atomic mass is 79.9. The Balaban J connectivity index is 2.12. The molecule has 0 heterocycles. The van der Waals surface area contributed by atoms with E-state index in [1.54, 1.807) is 12.1 Å². The lowest BCUT2D eigenvalue weighted by molar-refractivity contribution is -0.144. The first-order valence-electron chi connectivity index (χ1n) is 6.21. The lowest BCUT2D eigenvalue weighted by atomic mass is 9.96. The smallest absolute Gasteiger partial charge is 0.329 e. The van der Waals surface area contributed by atoms with Crippen molar-refractivity contribution in [1.29, 1.82) is 0 Å². The molecule has 114 valence electrons. The normalized spacial score (nSPS) is 17.0. The fraction of sp³-hybridized carbons (Fsp3) is 0.385. The molecule has 3 N–H and O–H groups in total. The van der Waals surface area contributed by atoms with Gasteiger partial charge in [0, 0.05) is 4.47 Å². The number of halogens is 3. The predicted octanol–water partition coefficient (Wildman–Crippen LogP) is 4.13. The molecule has 5 nitrogen and oxygen atoms in total. The van der Waals surface area contributed by atoms with Crippen LogP contribution in [0.4, 0.5) is 10.5 Å². The number of anilines is 1. The number of carbonyl (C=O) groups is 2. The number of rotatable bonds is 4. The molecule has 1 aliphatic rings. The van der Waals surface area contributed by atoms with Gasteiger partial charge in [-0.15, -0.1) is 0 Å². The van der Waals surface area contributed by atoms with E-state index in [1.807, 2.05) is 0 Å². The van der Waals surface area contributed by atoms with Gasteiger partial charge in [-0.25, -0.2) is 9.59 Å². The molecule has 1 aromatic rings. The van der Waals surface area contributed by atoms with Crippen LogP contribution in [0.25, 0.3) is 0 Å². The summed E-state index contributed by atoms with van der Waals surface area (Å²) >= 11 is 15.2. The second-order valence-corrected chi connectivity index (χ2v) is 6.69. The summed E-state index contributed by atoms with van der Waals surface area (Å²) in [7, 11) is 0. The summed E-state index contributed by atoms with van der Waals surface area (Å²) in [5, 5.41) is 14.8. The molecule has 0 aromatic heterocycles. The van der Waals surface area contributed by atoms with E-state index < -0.39 is 17.5 Å². The maximum atomic E-state index is 12.0. The highest BCUT2D eigenvalue weighted by molar-refractivity contribution is 9.10. The number of benzene rings is 1. The minimum absolute atomic E-state index is 0.0512. The van der Waals surface area contributed by atoms with Crippen molar-refractivity contribution in [3.63, 3.8) is 0 Å². The Labute approximate surface area is 140 Å². The van der Waals surface area contributed by atoms with E-state index >= 15 is 0 Å². The molecule has 2 amide bonds. The van der Waals surface area contributed by atoms with Gasteiger partial charge in [-0.3, -0.25) is 0 Å². The third-order valence-corrected chi connectivity index (χ3v) is 5.27. The van der Waals surface area contributed by atoms with Crippen molar-refractivity contribution in [3.8, 4) is 0 Å². The van der Waals surface area contributed by atoms with Gasteiger partial charge in [0.25, 0.3) is 0 Å². The number of carboxylic acid groups (broad SMARTS) is 1. The number of nitrogens with one attached hydrogen (secondary N) is 2. The Morgan fingerprint density at radius 1 is 1.33 bits per heavy atom. The van der Waals surface area contributed by atoms with Crippen LogP contribution in [-0.2, 0) is 4.79 Å². The van der Waals surface area contributed by atoms with Crippen molar-refractivity contribution in [2.75, 3.05) is 5.32 Å². The van der Waals surface area contributed by atoms with Gasteiger partial charge in [-0.2, -0.15) is 0 Å². The van der Waals surface area contributed by atoms with Gasteiger partial charge in [-0.1, -0.05) is 23.2 Å². The monoisotopic (exact) mass is 394 g/mol. The zero-order chi connectivity index (χ0) is 15.8. The average molecular weight is 396 g/mol. The van der Waals surface area contributed by atoms with Crippen LogP contribution in [0, 0.1) is 5.92 Å². The van der Waals surface area contributed by atoms with Crippen molar-refractivity contribution < 1.29 is 14.7 Å². The van der Waals surface area contributed by atoms with Crippen LogP contribution in [0.2, 0.25) is 10.0 Å². The number of amides is 2. The molecule has 8 heteroatoms. The number of aliphatic carboxylic acids is 1. The Hall–Kier alpha value is -0.980. The molecule has 1 saturated carbocycles. The van der Waals surface area contributed by atoms with Gasteiger partial charge in [0.05, 0.1) is 15.7 Å². The first kappa shape index (κ1) is 16.4. The van der Waals surface area contributed by atoms with Crippen LogP contribution in [0.1, 0.15) is 19.8 Å². The quantitative estimate of drug-likeness (QED) is 0.670. The summed E-state index contributed by atoms with van der Waals surface area (Å²) in [5.74, 6) is -1.11. The summed E-state index contributed by atoms with van der Waals surface area (Å²) in [4.78, 5) is 23.4. The molecule has 0 aliphatic heterocycles. The third-order valence-electron chi connectivity index (χ3n) is 3.49. The highest BCUT2D eigenvalue weighted by Crippen LogP contribution is 2.40. The molecule has 1 aromatic carbocycles. The summed E-state index contributed by atoms with van der Waals surface area (Å²) in [6.45, 7) is 1.50. The minimum Gasteiger partial charge on any atom is -0.480 e. The van der Waals surface area contributed by atoms with Crippen LogP contribution in [-0.4, -0.2) is 22.6 Å². The zero-order valence-corrected chi connectivity index (χ0v) is 14.1. The van der Waals surface area contributed by atoms with Gasteiger partial charge >= 0.3 is 12.0 Å². The van der Waals surface area contributed by atoms with E-state index in [4.69, 9.17) is 23.2 Å². The molecule has 1 unspecified atom stereocenters. The fourth-order valence-corrected chi connectivity index (χ4v) is 2.82. The summed E-state index contributed by atoms with van der Waals surface area (Å²) in [5.41, 5.74) is -0.971. The number of hydrogen-bond donors (Lipinski definition) is 3. The molecule has 2 rings (SSSR count). The predicted molar refractivity (Wildman–Crippen MR) is 85.1 cm³/mol. The molecule has 0 radical (unpaired) electrons. The number of carboxylic acids is 1. The molecule has 1 atom stereocenters. The zero-order valence-electron chi connectivity index (χ0n) is 11.0. The van der Waals surface area contributed by atoms with E-state index in [0.717, 1.165) is 12.8 Å². The van der Waals surface area contributed by atoms with E-state index in [2.05, 4.69) is 26.6 Å². The Bertz CT molecular complexity index is 607. The summed E-state index contributed by atoms with van der Waals surface area (Å²) in [6, 6.07) is 2.58. The third kappa shape index (κ3) is 3.44. The minimum atomic E-state index is -1.28. The van der Waals surface area contributed by atoms with Crippen molar-refractivity contribution >= 4 is 56.8 Å². The van der Waals surface area contributed by atoms with Gasteiger partial charge < -0.3 is 15.7 Å². The molecule has 0 spiro atoms. The van der Waals surface area contributed by atoms with Crippen molar-refractivity contribution in [2.45, 2.75) is 25.3 Å². The number of hydrogen-bond acceptors (Lipinski definition) is 2. The average Bonchev–Trinajstić information content (AvgIpc) is 3.24. The maximum Gasteiger partial charge on any atom is 0.329 e. The van der Waals surface area contributed by atoms with Crippen LogP contribution >= 0.6 is 39.1 Å². The molecular formula is C13H13BrCl2N2O3. The van der Waals surface area contributed by atoms with E-state index in [0.29, 0.717) is 10.2 Å². The van der Waals surface area contributed by atoms with Crippen molar-refractivity contribution in [2.24, 2.45) is 5.92 Å². The Morgan fingerprint density at radius 2 is 1.95 bits per heavy atom. The fourth-order valence-electron chi connectivity index (χ4n) is 2.00. The Kier molecular flexibility index (Phi) is 4.70. The largest absolute Gasteiger partial charge is 0.480 e. The standard InChI is InChI=1S/C13H13BrCl2N2O3/c1-13(11(19)20,6-2-3-6)18-12(21)17-8-5-4-7(14)9(15)10(8)16/h4-6H,2-3H2,1H3,(H,19,20)(H2,17,18,21). The molecule has 1 fully saturated rings. The molecular weight excluding hydrogens is 383 g/mol. The lowest BCUT2D eigenvalue weighted by Crippen LogP contribution is -2.55. The molecule has 0 bridgehead atoms. The van der Waals surface area contributed by atoms with E-state index in [1.165, 1.54) is 6.92 Å². The maximum absolute atomic E-state index is 12.0. The summed E-state index contributed by atoms with van der Waals surface area (Å²) < 4.78 is 0.605. The number of carbonyl (C=O) groups excluding carboxylic acids is 1. The van der Waals surface area contributed by atoms with Crippen LogP contribution < -0.4 is 10.6 Å². The Morgan fingerprint density at radius 3 is 2.48 bits per heavy atom. The first-order chi connectivity index (χ1) is 9.75. The van der Waals surface area contributed by atoms with Gasteiger partial charge in [0.2, 0.25) is 0 Å². The van der Waals surface area contributed by atoms with Crippen LogP contribution in [0.5, 0.6) is 0 Å². The topological polar surface area (TPSA) is 78.4 Å². The van der Waals surface area contributed by atoms with E-state index in [9.17, 15) is 14.7 Å². The van der Waals surface area contributed by atoms with Gasteiger partial charge in [0.1, 0.15) is 5.54 Å². The van der Waals surface area contributed by atoms with Gasteiger partial charge in [-0.05, 0) is 53.7 Å². The summed E-state index contributed by atoms with van der Waals surface area (Å²) in [6.07, 6.45) is 1.57. The second kappa shape index (κ2) is 6.02. The molecule has 21 heavy (non-hydrogen) atoms. The molecule has 1 aliphatic carbocycles. The van der Waals surface area contributed by atoms with Crippen molar-refractivity contribution in [3.05, 3.63) is 26.7 Å². The van der Waals surface area contributed by atoms with Crippen LogP contribution in [0.15, 0.2) is 16.6 Å². The highest BCUT2D eigenvalue weighted by Gasteiger charge is 2.48. The van der Waals surface area contributed by atoms with E-state index in [-0.39, 0.29) is 16.0 Å². The van der Waals surface area contributed by atoms with Crippen LogP contribution in [0.3, 0.4) is 0 Å². The lowest BCUT2D eigenvalue weighted by Gasteiger charge is -2.26.